The van der Waals surface area contributed by atoms with Gasteiger partial charge in [0.25, 0.3) is 5.56 Å². The van der Waals surface area contributed by atoms with Crippen molar-refractivity contribution in [1.82, 2.24) is 19.6 Å². The monoisotopic (exact) mass is 299 g/mol. The summed E-state index contributed by atoms with van der Waals surface area (Å²) in [7, 11) is 0. The fourth-order valence-electron chi connectivity index (χ4n) is 1.87. The Labute approximate surface area is 118 Å². The van der Waals surface area contributed by atoms with Crippen molar-refractivity contribution >= 4 is 11.6 Å². The van der Waals surface area contributed by atoms with Crippen LogP contribution in [-0.2, 0) is 4.74 Å². The molecule has 6 N–H and O–H groups in total. The molecule has 2 aromatic rings. The summed E-state index contributed by atoms with van der Waals surface area (Å²) < 4.78 is 6.60. The first kappa shape index (κ1) is 15.4. The zero-order valence-electron chi connectivity index (χ0n) is 11.3. The molecule has 2 aromatic heterocycles. The van der Waals surface area contributed by atoms with Crippen molar-refractivity contribution < 1.29 is 20.1 Å². The van der Waals surface area contributed by atoms with Gasteiger partial charge in [-0.3, -0.25) is 9.78 Å². The van der Waals surface area contributed by atoms with Crippen LogP contribution in [0.25, 0.3) is 5.65 Å². The highest BCUT2D eigenvalue weighted by molar-refractivity contribution is 5.38. The predicted molar refractivity (Wildman–Crippen MR) is 71.5 cm³/mol. The van der Waals surface area contributed by atoms with Crippen LogP contribution < -0.4 is 11.3 Å². The molecule has 0 radical (unpaired) electrons. The van der Waals surface area contributed by atoms with Crippen molar-refractivity contribution in [2.24, 2.45) is 0 Å². The van der Waals surface area contributed by atoms with Gasteiger partial charge in [0.2, 0.25) is 11.6 Å². The zero-order valence-corrected chi connectivity index (χ0v) is 11.3. The van der Waals surface area contributed by atoms with Gasteiger partial charge in [-0.1, -0.05) is 0 Å². The number of nitrogens with two attached hydrogens (primary N) is 1. The van der Waals surface area contributed by atoms with E-state index in [1.807, 2.05) is 0 Å². The molecule has 2 heterocycles. The average molecular weight is 299 g/mol. The Bertz CT molecular complexity index is 667. The first-order chi connectivity index (χ1) is 9.97. The number of ether oxygens (including phenoxy) is 1. The van der Waals surface area contributed by atoms with Gasteiger partial charge < -0.3 is 25.8 Å². The Balaban J connectivity index is 2.41. The second-order valence-corrected chi connectivity index (χ2v) is 4.53. The molecule has 0 spiro atoms. The quantitative estimate of drug-likeness (QED) is 0.401. The minimum Gasteiger partial charge on any atom is -0.394 e. The van der Waals surface area contributed by atoms with Gasteiger partial charge in [-0.15, -0.1) is 5.10 Å². The van der Waals surface area contributed by atoms with Gasteiger partial charge in [-0.05, 0) is 6.92 Å². The number of nitrogens with one attached hydrogen (secondary N) is 1. The Morgan fingerprint density at radius 3 is 2.76 bits per heavy atom. The van der Waals surface area contributed by atoms with Crippen LogP contribution >= 0.6 is 0 Å². The molecule has 21 heavy (non-hydrogen) atoms. The lowest BCUT2D eigenvalue weighted by Gasteiger charge is -2.23. The van der Waals surface area contributed by atoms with Crippen LogP contribution in [0.1, 0.15) is 18.7 Å². The van der Waals surface area contributed by atoms with E-state index in [2.05, 4.69) is 15.1 Å². The number of nitrogen functional groups attached to an aromatic ring is 1. The maximum Gasteiger partial charge on any atom is 0.295 e. The van der Waals surface area contributed by atoms with Crippen molar-refractivity contribution in [3.05, 3.63) is 22.2 Å². The average Bonchev–Trinajstić information content (AvgIpc) is 2.83. The smallest absolute Gasteiger partial charge is 0.295 e. The lowest BCUT2D eigenvalue weighted by Crippen LogP contribution is -2.33. The van der Waals surface area contributed by atoms with E-state index >= 15 is 0 Å². The number of aromatic nitrogens is 4. The van der Waals surface area contributed by atoms with Crippen molar-refractivity contribution in [3.63, 3.8) is 0 Å². The molecule has 0 amide bonds. The molecular weight excluding hydrogens is 282 g/mol. The Hall–Kier alpha value is -2.01. The predicted octanol–water partition coefficient (Wildman–Crippen LogP) is -2.21. The van der Waals surface area contributed by atoms with Gasteiger partial charge in [-0.25, -0.2) is 9.50 Å². The molecule has 2 unspecified atom stereocenters. The first-order valence-electron chi connectivity index (χ1n) is 6.26. The highest BCUT2D eigenvalue weighted by Gasteiger charge is 2.24. The number of nitrogens with zero attached hydrogens (tertiary/aromatic N) is 3. The molecule has 0 fully saturated rings. The van der Waals surface area contributed by atoms with Gasteiger partial charge in [0, 0.05) is 0 Å². The molecule has 0 aliphatic rings. The summed E-state index contributed by atoms with van der Waals surface area (Å²) in [5, 5.41) is 32.0. The maximum atomic E-state index is 11.7. The second kappa shape index (κ2) is 6.18. The van der Waals surface area contributed by atoms with Crippen LogP contribution in [0.5, 0.6) is 0 Å². The highest BCUT2D eigenvalue weighted by atomic mass is 16.5. The molecule has 10 nitrogen and oxygen atoms in total. The van der Waals surface area contributed by atoms with E-state index in [9.17, 15) is 15.0 Å². The van der Waals surface area contributed by atoms with E-state index in [1.165, 1.54) is 13.1 Å². The third-order valence-corrected chi connectivity index (χ3v) is 2.97. The maximum absolute atomic E-state index is 11.7. The molecule has 2 rings (SSSR count). The summed E-state index contributed by atoms with van der Waals surface area (Å²) in [4.78, 5) is 17.9. The Morgan fingerprint density at radius 1 is 1.48 bits per heavy atom. The van der Waals surface area contributed by atoms with E-state index in [0.717, 1.165) is 4.52 Å². The summed E-state index contributed by atoms with van der Waals surface area (Å²) in [5.74, 6) is -0.113. The summed E-state index contributed by atoms with van der Waals surface area (Å²) in [5.41, 5.74) is 5.22. The number of anilines is 1. The molecule has 0 saturated carbocycles. The zero-order chi connectivity index (χ0) is 15.6. The molecule has 116 valence electrons. The topological polar surface area (TPSA) is 159 Å². The number of H-pyrrole nitrogens is 1. The van der Waals surface area contributed by atoms with Gasteiger partial charge in [0.05, 0.1) is 31.2 Å². The second-order valence-electron chi connectivity index (χ2n) is 4.53. The van der Waals surface area contributed by atoms with Crippen LogP contribution in [0.15, 0.2) is 11.0 Å². The Morgan fingerprint density at radius 2 is 2.19 bits per heavy atom. The van der Waals surface area contributed by atoms with E-state index in [1.54, 1.807) is 0 Å². The minimum absolute atomic E-state index is 0.00107. The molecule has 0 aliphatic carbocycles. The minimum atomic E-state index is -0.940. The van der Waals surface area contributed by atoms with Gasteiger partial charge in [-0.2, -0.15) is 0 Å². The van der Waals surface area contributed by atoms with E-state index in [0.29, 0.717) is 0 Å². The van der Waals surface area contributed by atoms with Gasteiger partial charge >= 0.3 is 0 Å². The fraction of sp³-hybridized carbons (Fsp3) is 0.545. The molecule has 0 aromatic carbocycles. The first-order valence-corrected chi connectivity index (χ1v) is 6.26. The Kier molecular flexibility index (Phi) is 4.53. The standard InChI is InChI=1S/C11H17N5O5/c1-5(19)7(3-17)21-8(4-18)6-2-13-9-10(20)14-11(12)15-16(6)9/h2,5,7-8,17-19H,3-4H2,1H3,(H3,12,14,15,20)/t5?,7-,8?/m1/s1. The van der Waals surface area contributed by atoms with Crippen molar-refractivity contribution in [2.75, 3.05) is 18.9 Å². The number of aromatic amines is 1. The van der Waals surface area contributed by atoms with Crippen LogP contribution in [0, 0.1) is 0 Å². The lowest BCUT2D eigenvalue weighted by molar-refractivity contribution is -0.109. The normalized spacial score (nSPS) is 16.0. The molecule has 0 saturated heterocycles. The number of fused-ring (bicyclic) bond motifs is 1. The molecule has 0 aliphatic heterocycles. The third-order valence-electron chi connectivity index (χ3n) is 2.97. The SMILES string of the molecule is CC(O)[C@@H](CO)OC(CO)c1cnc2c(=O)[nH]c(N)nn12. The summed E-state index contributed by atoms with van der Waals surface area (Å²) in [6.07, 6.45) is -1.45. The highest BCUT2D eigenvalue weighted by Crippen LogP contribution is 2.19. The number of rotatable bonds is 6. The number of aliphatic hydroxyl groups excluding tert-OH is 3. The van der Waals surface area contributed by atoms with Crippen LogP contribution in [0.2, 0.25) is 0 Å². The number of hydrogen-bond acceptors (Lipinski definition) is 8. The number of hydrogen-bond donors (Lipinski definition) is 5. The van der Waals surface area contributed by atoms with Gasteiger partial charge in [0.15, 0.2) is 0 Å². The summed E-state index contributed by atoms with van der Waals surface area (Å²) >= 11 is 0. The molecule has 10 heteroatoms. The molecule has 3 atom stereocenters. The van der Waals surface area contributed by atoms with E-state index in [-0.39, 0.29) is 17.3 Å². The summed E-state index contributed by atoms with van der Waals surface area (Å²) in [6.45, 7) is 0.567. The number of aliphatic hydroxyl groups is 3. The fourth-order valence-corrected chi connectivity index (χ4v) is 1.87. The molecule has 0 bridgehead atoms. The third kappa shape index (κ3) is 3.03. The lowest BCUT2D eigenvalue weighted by atomic mass is 10.2. The molecular formula is C11H17N5O5. The summed E-state index contributed by atoms with van der Waals surface area (Å²) in [6, 6.07) is 0. The van der Waals surface area contributed by atoms with Crippen molar-refractivity contribution in [3.8, 4) is 0 Å². The van der Waals surface area contributed by atoms with Crippen LogP contribution in [-0.4, -0.2) is 60.3 Å². The van der Waals surface area contributed by atoms with Crippen molar-refractivity contribution in [1.29, 1.82) is 0 Å². The van der Waals surface area contributed by atoms with E-state index < -0.39 is 37.1 Å². The van der Waals surface area contributed by atoms with Crippen LogP contribution in [0.3, 0.4) is 0 Å². The van der Waals surface area contributed by atoms with Crippen LogP contribution in [0.4, 0.5) is 5.95 Å². The largest absolute Gasteiger partial charge is 0.394 e. The van der Waals surface area contributed by atoms with Crippen molar-refractivity contribution in [2.45, 2.75) is 25.2 Å². The number of imidazole rings is 1. The van der Waals surface area contributed by atoms with E-state index in [4.69, 9.17) is 15.6 Å². The van der Waals surface area contributed by atoms with Gasteiger partial charge in [0.1, 0.15) is 12.2 Å².